The molecule has 0 heterocycles. The summed E-state index contributed by atoms with van der Waals surface area (Å²) in [5.41, 5.74) is 11.3. The number of carbonyl (C=O) groups excluding carboxylic acids is 1. The minimum Gasteiger partial charge on any atom is -0.356 e. The highest BCUT2D eigenvalue weighted by Crippen LogP contribution is 2.36. The van der Waals surface area contributed by atoms with E-state index in [1.54, 1.807) is 0 Å². The Bertz CT molecular complexity index is 367. The molecule has 0 aromatic carbocycles. The largest absolute Gasteiger partial charge is 0.356 e. The van der Waals surface area contributed by atoms with Crippen LogP contribution in [-0.4, -0.2) is 63.2 Å². The summed E-state index contributed by atoms with van der Waals surface area (Å²) in [6, 6.07) is 0. The third-order valence-electron chi connectivity index (χ3n) is 4.50. The van der Waals surface area contributed by atoms with Gasteiger partial charge in [0.15, 0.2) is 0 Å². The Balaban J connectivity index is 4.05. The number of nitrogens with one attached hydrogen (secondary N) is 2. The Hall–Kier alpha value is -0.690. The average Bonchev–Trinajstić information content (AvgIpc) is 2.50. The van der Waals surface area contributed by atoms with E-state index in [1.165, 1.54) is 0 Å². The van der Waals surface area contributed by atoms with Gasteiger partial charge < -0.3 is 22.1 Å². The summed E-state index contributed by atoms with van der Waals surface area (Å²) in [6.07, 6.45) is 1.84. The SMILES string of the molecule is CC(C)(C)CC(C(=O)NCCCNCCN(CCN)CCN)C(C)(C)C. The van der Waals surface area contributed by atoms with Crippen molar-refractivity contribution in [2.75, 3.05) is 52.4 Å². The van der Waals surface area contributed by atoms with Gasteiger partial charge in [-0.1, -0.05) is 41.5 Å². The van der Waals surface area contributed by atoms with Crippen molar-refractivity contribution in [3.05, 3.63) is 0 Å². The minimum atomic E-state index is -0.0228. The molecule has 0 aliphatic heterocycles. The van der Waals surface area contributed by atoms with Gasteiger partial charge in [-0.05, 0) is 30.2 Å². The monoisotopic (exact) mass is 371 g/mol. The Morgan fingerprint density at radius 2 is 1.50 bits per heavy atom. The molecular weight excluding hydrogens is 326 g/mol. The van der Waals surface area contributed by atoms with Crippen molar-refractivity contribution < 1.29 is 4.79 Å². The molecule has 0 spiro atoms. The zero-order valence-corrected chi connectivity index (χ0v) is 18.2. The Morgan fingerprint density at radius 1 is 0.923 bits per heavy atom. The molecule has 6 nitrogen and oxygen atoms in total. The first kappa shape index (κ1) is 25.3. The Kier molecular flexibility index (Phi) is 12.3. The van der Waals surface area contributed by atoms with Crippen molar-refractivity contribution >= 4 is 5.91 Å². The van der Waals surface area contributed by atoms with Crippen molar-refractivity contribution in [3.63, 3.8) is 0 Å². The van der Waals surface area contributed by atoms with E-state index in [2.05, 4.69) is 57.1 Å². The number of carbonyl (C=O) groups is 1. The summed E-state index contributed by atoms with van der Waals surface area (Å²) in [5.74, 6) is 0.223. The summed E-state index contributed by atoms with van der Waals surface area (Å²) < 4.78 is 0. The lowest BCUT2D eigenvalue weighted by molar-refractivity contribution is -0.129. The topological polar surface area (TPSA) is 96.4 Å². The van der Waals surface area contributed by atoms with Crippen LogP contribution in [0.1, 0.15) is 54.4 Å². The predicted molar refractivity (Wildman–Crippen MR) is 112 cm³/mol. The number of amides is 1. The lowest BCUT2D eigenvalue weighted by Crippen LogP contribution is -2.41. The normalized spacial score (nSPS) is 13.9. The van der Waals surface area contributed by atoms with Crippen molar-refractivity contribution in [3.8, 4) is 0 Å². The zero-order valence-electron chi connectivity index (χ0n) is 18.2. The third-order valence-corrected chi connectivity index (χ3v) is 4.50. The summed E-state index contributed by atoms with van der Waals surface area (Å²) in [4.78, 5) is 14.9. The molecular formula is C20H45N5O. The van der Waals surface area contributed by atoms with Crippen LogP contribution < -0.4 is 22.1 Å². The molecule has 0 aromatic heterocycles. The second-order valence-electron chi connectivity index (χ2n) is 9.50. The molecule has 0 aliphatic carbocycles. The van der Waals surface area contributed by atoms with Crippen LogP contribution in [0.3, 0.4) is 0 Å². The van der Waals surface area contributed by atoms with Gasteiger partial charge in [0.2, 0.25) is 5.91 Å². The second-order valence-corrected chi connectivity index (χ2v) is 9.50. The number of hydrogen-bond acceptors (Lipinski definition) is 5. The van der Waals surface area contributed by atoms with Crippen LogP contribution in [0.5, 0.6) is 0 Å². The molecule has 156 valence electrons. The van der Waals surface area contributed by atoms with E-state index < -0.39 is 0 Å². The Labute approximate surface area is 161 Å². The van der Waals surface area contributed by atoms with Crippen LogP contribution in [0.15, 0.2) is 0 Å². The van der Waals surface area contributed by atoms with E-state index in [0.29, 0.717) is 13.1 Å². The highest BCUT2D eigenvalue weighted by atomic mass is 16.1. The predicted octanol–water partition coefficient (Wildman–Crippen LogP) is 1.40. The summed E-state index contributed by atoms with van der Waals surface area (Å²) in [7, 11) is 0. The molecule has 0 saturated heterocycles. The number of hydrogen-bond donors (Lipinski definition) is 4. The van der Waals surface area contributed by atoms with Crippen molar-refractivity contribution in [1.82, 2.24) is 15.5 Å². The van der Waals surface area contributed by atoms with E-state index >= 15 is 0 Å². The molecule has 0 rings (SSSR count). The fraction of sp³-hybridized carbons (Fsp3) is 0.950. The summed E-state index contributed by atoms with van der Waals surface area (Å²) in [6.45, 7) is 19.6. The fourth-order valence-electron chi connectivity index (χ4n) is 3.02. The van der Waals surface area contributed by atoms with Crippen molar-refractivity contribution in [1.29, 1.82) is 0 Å². The quantitative estimate of drug-likeness (QED) is 0.367. The minimum absolute atomic E-state index is 0.0228. The van der Waals surface area contributed by atoms with Gasteiger partial charge in [-0.3, -0.25) is 9.69 Å². The smallest absolute Gasteiger partial charge is 0.223 e. The third kappa shape index (κ3) is 12.6. The lowest BCUT2D eigenvalue weighted by atomic mass is 9.71. The molecule has 0 aliphatic rings. The van der Waals surface area contributed by atoms with Crippen LogP contribution in [0.2, 0.25) is 0 Å². The van der Waals surface area contributed by atoms with Gasteiger partial charge in [-0.25, -0.2) is 0 Å². The first-order valence-electron chi connectivity index (χ1n) is 10.1. The van der Waals surface area contributed by atoms with E-state index in [-0.39, 0.29) is 22.7 Å². The van der Waals surface area contributed by atoms with Crippen molar-refractivity contribution in [2.45, 2.75) is 54.4 Å². The van der Waals surface area contributed by atoms with Gasteiger partial charge in [-0.15, -0.1) is 0 Å². The van der Waals surface area contributed by atoms with Gasteiger partial charge in [0, 0.05) is 51.7 Å². The molecule has 0 bridgehead atoms. The van der Waals surface area contributed by atoms with Crippen LogP contribution >= 0.6 is 0 Å². The van der Waals surface area contributed by atoms with Crippen LogP contribution in [0.4, 0.5) is 0 Å². The second kappa shape index (κ2) is 12.7. The van der Waals surface area contributed by atoms with Crippen LogP contribution in [0, 0.1) is 16.7 Å². The molecule has 1 unspecified atom stereocenters. The number of nitrogens with zero attached hydrogens (tertiary/aromatic N) is 1. The highest BCUT2D eigenvalue weighted by molar-refractivity contribution is 5.79. The molecule has 6 heteroatoms. The standard InChI is InChI=1S/C20H45N5O/c1-19(2,3)16-17(20(4,5)6)18(26)24-11-7-10-23-12-15-25(13-8-21)14-9-22/h17,23H,7-16,21-22H2,1-6H3,(H,24,26). The first-order valence-corrected chi connectivity index (χ1v) is 10.1. The molecule has 0 saturated carbocycles. The molecule has 6 N–H and O–H groups in total. The number of nitrogens with two attached hydrogens (primary N) is 2. The molecule has 1 atom stereocenters. The fourth-order valence-corrected chi connectivity index (χ4v) is 3.02. The maximum absolute atomic E-state index is 12.6. The van der Waals surface area contributed by atoms with Gasteiger partial charge >= 0.3 is 0 Å². The molecule has 1 amide bonds. The summed E-state index contributed by atoms with van der Waals surface area (Å²) >= 11 is 0. The van der Waals surface area contributed by atoms with E-state index in [9.17, 15) is 4.79 Å². The van der Waals surface area contributed by atoms with Crippen molar-refractivity contribution in [2.24, 2.45) is 28.2 Å². The molecule has 0 aromatic rings. The molecule has 0 fully saturated rings. The van der Waals surface area contributed by atoms with Gasteiger partial charge in [0.25, 0.3) is 0 Å². The maximum Gasteiger partial charge on any atom is 0.223 e. The lowest BCUT2D eigenvalue weighted by Gasteiger charge is -2.34. The van der Waals surface area contributed by atoms with E-state index in [1.807, 2.05) is 0 Å². The molecule has 26 heavy (non-hydrogen) atoms. The maximum atomic E-state index is 12.6. The van der Waals surface area contributed by atoms with Gasteiger partial charge in [-0.2, -0.15) is 0 Å². The average molecular weight is 372 g/mol. The highest BCUT2D eigenvalue weighted by Gasteiger charge is 2.34. The Morgan fingerprint density at radius 3 is 1.96 bits per heavy atom. The van der Waals surface area contributed by atoms with Crippen LogP contribution in [-0.2, 0) is 4.79 Å². The van der Waals surface area contributed by atoms with Gasteiger partial charge in [0.05, 0.1) is 0 Å². The van der Waals surface area contributed by atoms with Crippen LogP contribution in [0.25, 0.3) is 0 Å². The van der Waals surface area contributed by atoms with E-state index in [4.69, 9.17) is 11.5 Å². The number of rotatable bonds is 13. The first-order chi connectivity index (χ1) is 12.0. The van der Waals surface area contributed by atoms with Gasteiger partial charge in [0.1, 0.15) is 0 Å². The summed E-state index contributed by atoms with van der Waals surface area (Å²) in [5, 5.41) is 6.56. The molecule has 0 radical (unpaired) electrons. The van der Waals surface area contributed by atoms with E-state index in [0.717, 1.165) is 52.1 Å². The zero-order chi connectivity index (χ0) is 20.2.